The highest BCUT2D eigenvalue weighted by Gasteiger charge is 2.36. The Labute approximate surface area is 183 Å². The predicted molar refractivity (Wildman–Crippen MR) is 113 cm³/mol. The van der Waals surface area contributed by atoms with E-state index in [0.29, 0.717) is 34.1 Å². The van der Waals surface area contributed by atoms with Gasteiger partial charge in [0.05, 0.1) is 17.7 Å². The van der Waals surface area contributed by atoms with Gasteiger partial charge in [-0.1, -0.05) is 35.4 Å². The molecule has 0 radical (unpaired) electrons. The maximum absolute atomic E-state index is 12.8. The Hall–Kier alpha value is -4.21. The number of nitrogens with zero attached hydrogens (tertiary/aromatic N) is 4. The number of hydrogen-bond donors (Lipinski definition) is 2. The first-order valence-electron chi connectivity index (χ1n) is 9.96. The molecule has 3 aromatic rings. The molecule has 0 fully saturated rings. The zero-order valence-corrected chi connectivity index (χ0v) is 17.5. The third-order valence-corrected chi connectivity index (χ3v) is 4.99. The van der Waals surface area contributed by atoms with E-state index in [0.717, 1.165) is 0 Å². The molecule has 2 aromatic carbocycles. The molecule has 0 spiro atoms. The summed E-state index contributed by atoms with van der Waals surface area (Å²) in [6, 6.07) is 13.1. The van der Waals surface area contributed by atoms with Crippen LogP contribution in [0.3, 0.4) is 0 Å². The second kappa shape index (κ2) is 8.88. The molecule has 1 aliphatic rings. The molecule has 0 aliphatic carbocycles. The lowest BCUT2D eigenvalue weighted by Gasteiger charge is -2.28. The molecule has 10 nitrogen and oxygen atoms in total. The van der Waals surface area contributed by atoms with Crippen molar-refractivity contribution in [1.29, 1.82) is 0 Å². The maximum Gasteiger partial charge on any atom is 0.338 e. The summed E-state index contributed by atoms with van der Waals surface area (Å²) in [5, 5.41) is 24.0. The van der Waals surface area contributed by atoms with Crippen molar-refractivity contribution in [2.24, 2.45) is 0 Å². The van der Waals surface area contributed by atoms with Gasteiger partial charge in [0.2, 0.25) is 5.95 Å². The number of para-hydroxylation sites is 1. The molecule has 1 aliphatic heterocycles. The number of esters is 1. The molecular formula is C22H21N5O5. The van der Waals surface area contributed by atoms with E-state index >= 15 is 0 Å². The normalized spacial score (nSPS) is 15.0. The summed E-state index contributed by atoms with van der Waals surface area (Å²) in [7, 11) is 0. The molecule has 1 atom stereocenters. The fourth-order valence-corrected chi connectivity index (χ4v) is 3.57. The molecule has 0 amide bonds. The van der Waals surface area contributed by atoms with E-state index in [1.807, 2.05) is 18.2 Å². The van der Waals surface area contributed by atoms with Crippen LogP contribution in [-0.4, -0.2) is 43.9 Å². The van der Waals surface area contributed by atoms with Gasteiger partial charge in [0.25, 0.3) is 0 Å². The third kappa shape index (κ3) is 4.02. The first-order chi connectivity index (χ1) is 15.5. The lowest BCUT2D eigenvalue weighted by atomic mass is 9.95. The molecular weight excluding hydrogens is 414 g/mol. The number of tetrazole rings is 1. The Balaban J connectivity index is 1.71. The van der Waals surface area contributed by atoms with Gasteiger partial charge in [-0.05, 0) is 48.0 Å². The number of nitrogens with one attached hydrogen (secondary N) is 1. The van der Waals surface area contributed by atoms with E-state index < -0.39 is 18.0 Å². The van der Waals surface area contributed by atoms with Crippen LogP contribution >= 0.6 is 0 Å². The minimum atomic E-state index is -1.01. The largest absolute Gasteiger partial charge is 0.489 e. The molecule has 164 valence electrons. The van der Waals surface area contributed by atoms with Crippen LogP contribution in [0.15, 0.2) is 59.8 Å². The van der Waals surface area contributed by atoms with Gasteiger partial charge in [-0.25, -0.2) is 9.59 Å². The van der Waals surface area contributed by atoms with Crippen molar-refractivity contribution in [2.75, 3.05) is 11.9 Å². The first kappa shape index (κ1) is 21.0. The number of carboxylic acids is 1. The van der Waals surface area contributed by atoms with Gasteiger partial charge >= 0.3 is 11.9 Å². The van der Waals surface area contributed by atoms with E-state index in [1.165, 1.54) is 10.7 Å². The summed E-state index contributed by atoms with van der Waals surface area (Å²) >= 11 is 0. The second-order valence-electron chi connectivity index (χ2n) is 7.07. The van der Waals surface area contributed by atoms with Crippen LogP contribution in [0.2, 0.25) is 0 Å². The van der Waals surface area contributed by atoms with Gasteiger partial charge in [-0.2, -0.15) is 4.68 Å². The highest BCUT2D eigenvalue weighted by Crippen LogP contribution is 2.39. The molecule has 0 saturated heterocycles. The van der Waals surface area contributed by atoms with E-state index in [-0.39, 0.29) is 18.8 Å². The number of aromatic carboxylic acids is 1. The average molecular weight is 435 g/mol. The second-order valence-corrected chi connectivity index (χ2v) is 7.07. The van der Waals surface area contributed by atoms with Crippen LogP contribution in [0.5, 0.6) is 5.75 Å². The number of carbonyl (C=O) groups excluding carboxylic acids is 1. The van der Waals surface area contributed by atoms with Crippen LogP contribution in [0.25, 0.3) is 0 Å². The monoisotopic (exact) mass is 435 g/mol. The molecule has 4 rings (SSSR count). The molecule has 1 aromatic heterocycles. The zero-order valence-electron chi connectivity index (χ0n) is 17.5. The maximum atomic E-state index is 12.8. The molecule has 32 heavy (non-hydrogen) atoms. The van der Waals surface area contributed by atoms with Crippen LogP contribution < -0.4 is 10.1 Å². The topological polar surface area (TPSA) is 128 Å². The van der Waals surface area contributed by atoms with E-state index in [9.17, 15) is 14.7 Å². The number of anilines is 1. The van der Waals surface area contributed by atoms with Gasteiger partial charge in [0.1, 0.15) is 18.4 Å². The summed E-state index contributed by atoms with van der Waals surface area (Å²) in [5.41, 5.74) is 2.50. The fourth-order valence-electron chi connectivity index (χ4n) is 3.57. The molecule has 1 unspecified atom stereocenters. The van der Waals surface area contributed by atoms with Gasteiger partial charge in [-0.15, -0.1) is 0 Å². The lowest BCUT2D eigenvalue weighted by Crippen LogP contribution is -2.30. The SMILES string of the molecule is CCOC(=O)C1=C(C)Nc2nnnn2C1c1ccccc1OCc1cccc(C(=O)O)c1. The highest BCUT2D eigenvalue weighted by atomic mass is 16.5. The van der Waals surface area contributed by atoms with Crippen LogP contribution in [0.1, 0.15) is 41.4 Å². The van der Waals surface area contributed by atoms with Crippen molar-refractivity contribution < 1.29 is 24.2 Å². The van der Waals surface area contributed by atoms with Crippen molar-refractivity contribution >= 4 is 17.9 Å². The van der Waals surface area contributed by atoms with Crippen LogP contribution in [-0.2, 0) is 16.1 Å². The quantitative estimate of drug-likeness (QED) is 0.538. The Bertz CT molecular complexity index is 1200. The summed E-state index contributed by atoms with van der Waals surface area (Å²) < 4.78 is 12.8. The van der Waals surface area contributed by atoms with E-state index in [1.54, 1.807) is 38.1 Å². The number of rotatable bonds is 7. The highest BCUT2D eigenvalue weighted by molar-refractivity contribution is 5.92. The molecule has 0 bridgehead atoms. The van der Waals surface area contributed by atoms with Crippen LogP contribution in [0, 0.1) is 0 Å². The Morgan fingerprint density at radius 2 is 2.00 bits per heavy atom. The Morgan fingerprint density at radius 3 is 2.78 bits per heavy atom. The van der Waals surface area contributed by atoms with Crippen molar-refractivity contribution in [3.05, 3.63) is 76.5 Å². The minimum absolute atomic E-state index is 0.142. The molecule has 2 heterocycles. The summed E-state index contributed by atoms with van der Waals surface area (Å²) in [6.45, 7) is 3.87. The number of hydrogen-bond acceptors (Lipinski definition) is 8. The van der Waals surface area contributed by atoms with Crippen LogP contribution in [0.4, 0.5) is 5.95 Å². The summed E-state index contributed by atoms with van der Waals surface area (Å²) in [4.78, 5) is 24.1. The smallest absolute Gasteiger partial charge is 0.338 e. The lowest BCUT2D eigenvalue weighted by molar-refractivity contribution is -0.139. The zero-order chi connectivity index (χ0) is 22.7. The van der Waals surface area contributed by atoms with Gasteiger partial charge < -0.3 is 19.9 Å². The van der Waals surface area contributed by atoms with Gasteiger partial charge in [0, 0.05) is 11.3 Å². The molecule has 0 saturated carbocycles. The Kier molecular flexibility index (Phi) is 5.84. The van der Waals surface area contributed by atoms with E-state index in [2.05, 4.69) is 20.8 Å². The standard InChI is InChI=1S/C22H21N5O5/c1-3-31-21(30)18-13(2)23-22-24-25-26-27(22)19(18)16-9-4-5-10-17(16)32-12-14-7-6-8-15(11-14)20(28)29/h4-11,19H,3,12H2,1-2H3,(H,28,29)(H,23,24,26). The van der Waals surface area contributed by atoms with Crippen molar-refractivity contribution in [1.82, 2.24) is 20.2 Å². The Morgan fingerprint density at radius 1 is 1.19 bits per heavy atom. The fraction of sp³-hybridized carbons (Fsp3) is 0.227. The number of carbonyl (C=O) groups is 2. The predicted octanol–water partition coefficient (Wildman–Crippen LogP) is 2.80. The number of carboxylic acid groups (broad SMARTS) is 1. The molecule has 10 heteroatoms. The third-order valence-electron chi connectivity index (χ3n) is 4.99. The van der Waals surface area contributed by atoms with Crippen molar-refractivity contribution in [3.8, 4) is 5.75 Å². The number of fused-ring (bicyclic) bond motifs is 1. The van der Waals surface area contributed by atoms with Crippen molar-refractivity contribution in [2.45, 2.75) is 26.5 Å². The van der Waals surface area contributed by atoms with Crippen molar-refractivity contribution in [3.63, 3.8) is 0 Å². The number of allylic oxidation sites excluding steroid dienone is 1. The van der Waals surface area contributed by atoms with E-state index in [4.69, 9.17) is 9.47 Å². The number of ether oxygens (including phenoxy) is 2. The van der Waals surface area contributed by atoms with Gasteiger partial charge in [-0.3, -0.25) is 0 Å². The average Bonchev–Trinajstić information content (AvgIpc) is 3.25. The number of benzene rings is 2. The minimum Gasteiger partial charge on any atom is -0.489 e. The first-order valence-corrected chi connectivity index (χ1v) is 9.96. The number of aromatic nitrogens is 4. The van der Waals surface area contributed by atoms with Gasteiger partial charge in [0.15, 0.2) is 0 Å². The summed E-state index contributed by atoms with van der Waals surface area (Å²) in [6.07, 6.45) is 0. The molecule has 2 N–H and O–H groups in total. The summed E-state index contributed by atoms with van der Waals surface area (Å²) in [5.74, 6) is -0.582.